The molecule has 0 aliphatic carbocycles. The van der Waals surface area contributed by atoms with Gasteiger partial charge in [-0.1, -0.05) is 35.9 Å². The highest BCUT2D eigenvalue weighted by molar-refractivity contribution is 6.33. The Balaban J connectivity index is 1.80. The number of aromatic nitrogens is 2. The molecule has 5 nitrogen and oxygen atoms in total. The van der Waals surface area contributed by atoms with E-state index >= 15 is 0 Å². The standard InChI is InChI=1S/C19H19ClN4O/c1-13(2)25-17-10-6-5-9-16(17)23-19-21-12-11-18(24-19)22-15-8-4-3-7-14(15)20/h3-13H,1-2H3,(H2,21,22,23,24). The zero-order valence-corrected chi connectivity index (χ0v) is 14.8. The van der Waals surface area contributed by atoms with E-state index in [2.05, 4.69) is 20.6 Å². The Morgan fingerprint density at radius 2 is 1.64 bits per heavy atom. The minimum Gasteiger partial charge on any atom is -0.489 e. The van der Waals surface area contributed by atoms with Gasteiger partial charge in [0.15, 0.2) is 0 Å². The summed E-state index contributed by atoms with van der Waals surface area (Å²) in [6.45, 7) is 3.98. The third-order valence-corrected chi connectivity index (χ3v) is 3.62. The predicted molar refractivity (Wildman–Crippen MR) is 102 cm³/mol. The van der Waals surface area contributed by atoms with Gasteiger partial charge in [0.25, 0.3) is 0 Å². The van der Waals surface area contributed by atoms with E-state index in [1.54, 1.807) is 12.3 Å². The molecular weight excluding hydrogens is 336 g/mol. The molecule has 25 heavy (non-hydrogen) atoms. The smallest absolute Gasteiger partial charge is 0.229 e. The number of ether oxygens (including phenoxy) is 1. The normalized spacial score (nSPS) is 10.6. The van der Waals surface area contributed by atoms with Crippen molar-refractivity contribution in [1.82, 2.24) is 9.97 Å². The first kappa shape index (κ1) is 17.0. The summed E-state index contributed by atoms with van der Waals surface area (Å²) in [5, 5.41) is 7.02. The van der Waals surface area contributed by atoms with Gasteiger partial charge >= 0.3 is 0 Å². The fourth-order valence-electron chi connectivity index (χ4n) is 2.24. The second-order valence-electron chi connectivity index (χ2n) is 5.66. The van der Waals surface area contributed by atoms with Crippen molar-refractivity contribution in [2.24, 2.45) is 0 Å². The molecular formula is C19H19ClN4O. The maximum Gasteiger partial charge on any atom is 0.229 e. The van der Waals surface area contributed by atoms with Crippen molar-refractivity contribution in [1.29, 1.82) is 0 Å². The maximum absolute atomic E-state index is 6.17. The maximum atomic E-state index is 6.17. The van der Waals surface area contributed by atoms with Crippen molar-refractivity contribution < 1.29 is 4.74 Å². The molecule has 2 aromatic carbocycles. The molecule has 0 aliphatic rings. The van der Waals surface area contributed by atoms with Gasteiger partial charge in [0.1, 0.15) is 11.6 Å². The zero-order chi connectivity index (χ0) is 17.6. The largest absolute Gasteiger partial charge is 0.489 e. The van der Waals surface area contributed by atoms with Crippen LogP contribution in [0.3, 0.4) is 0 Å². The molecule has 1 heterocycles. The molecule has 0 saturated carbocycles. The highest BCUT2D eigenvalue weighted by Crippen LogP contribution is 2.28. The SMILES string of the molecule is CC(C)Oc1ccccc1Nc1nccc(Nc2ccccc2Cl)n1. The summed E-state index contributed by atoms with van der Waals surface area (Å²) >= 11 is 6.17. The van der Waals surface area contributed by atoms with Gasteiger partial charge in [-0.2, -0.15) is 4.98 Å². The molecule has 0 amide bonds. The lowest BCUT2D eigenvalue weighted by atomic mass is 10.3. The molecule has 3 rings (SSSR count). The van der Waals surface area contributed by atoms with Crippen molar-refractivity contribution in [3.8, 4) is 5.75 Å². The van der Waals surface area contributed by atoms with Crippen LogP contribution < -0.4 is 15.4 Å². The molecule has 1 aromatic heterocycles. The third-order valence-electron chi connectivity index (χ3n) is 3.29. The molecule has 0 aliphatic heterocycles. The first-order valence-corrected chi connectivity index (χ1v) is 8.37. The first-order chi connectivity index (χ1) is 12.1. The monoisotopic (exact) mass is 354 g/mol. The number of hydrogen-bond acceptors (Lipinski definition) is 5. The van der Waals surface area contributed by atoms with Gasteiger partial charge in [-0.25, -0.2) is 4.98 Å². The first-order valence-electron chi connectivity index (χ1n) is 7.99. The van der Waals surface area contributed by atoms with Crippen LogP contribution in [-0.4, -0.2) is 16.1 Å². The van der Waals surface area contributed by atoms with Gasteiger partial charge in [-0.3, -0.25) is 0 Å². The van der Waals surface area contributed by atoms with Gasteiger partial charge in [-0.15, -0.1) is 0 Å². The molecule has 6 heteroatoms. The predicted octanol–water partition coefficient (Wildman–Crippen LogP) is 5.40. The minimum atomic E-state index is 0.0806. The third kappa shape index (κ3) is 4.61. The van der Waals surface area contributed by atoms with E-state index in [1.807, 2.05) is 62.4 Å². The molecule has 0 spiro atoms. The minimum absolute atomic E-state index is 0.0806. The Bertz CT molecular complexity index is 854. The van der Waals surface area contributed by atoms with Crippen LogP contribution in [0.4, 0.5) is 23.1 Å². The number of rotatable bonds is 6. The second kappa shape index (κ2) is 7.85. The van der Waals surface area contributed by atoms with E-state index in [4.69, 9.17) is 16.3 Å². The number of nitrogens with one attached hydrogen (secondary N) is 2. The molecule has 3 aromatic rings. The number of nitrogens with zero attached hydrogens (tertiary/aromatic N) is 2. The van der Waals surface area contributed by atoms with Crippen molar-refractivity contribution in [3.05, 3.63) is 65.8 Å². The Labute approximate surface area is 152 Å². The summed E-state index contributed by atoms with van der Waals surface area (Å²) in [5.41, 5.74) is 1.60. The van der Waals surface area contributed by atoms with Crippen molar-refractivity contribution in [2.75, 3.05) is 10.6 Å². The molecule has 0 unspecified atom stereocenters. The van der Waals surface area contributed by atoms with Crippen LogP contribution in [0.2, 0.25) is 5.02 Å². The fraction of sp³-hybridized carbons (Fsp3) is 0.158. The number of para-hydroxylation sites is 3. The summed E-state index contributed by atoms with van der Waals surface area (Å²) in [6.07, 6.45) is 1.76. The molecule has 0 bridgehead atoms. The highest BCUT2D eigenvalue weighted by Gasteiger charge is 2.08. The Morgan fingerprint density at radius 3 is 2.40 bits per heavy atom. The Morgan fingerprint density at radius 1 is 0.920 bits per heavy atom. The molecule has 0 fully saturated rings. The lowest BCUT2D eigenvalue weighted by Crippen LogP contribution is -2.08. The van der Waals surface area contributed by atoms with E-state index in [-0.39, 0.29) is 6.10 Å². The highest BCUT2D eigenvalue weighted by atomic mass is 35.5. The molecule has 2 N–H and O–H groups in total. The van der Waals surface area contributed by atoms with Crippen molar-refractivity contribution in [2.45, 2.75) is 20.0 Å². The summed E-state index contributed by atoms with van der Waals surface area (Å²) in [7, 11) is 0. The van der Waals surface area contributed by atoms with Crippen LogP contribution in [-0.2, 0) is 0 Å². The van der Waals surface area contributed by atoms with Crippen LogP contribution >= 0.6 is 11.6 Å². The van der Waals surface area contributed by atoms with Crippen LogP contribution in [0.25, 0.3) is 0 Å². The quantitative estimate of drug-likeness (QED) is 0.620. The summed E-state index contributed by atoms with van der Waals surface area (Å²) in [6, 6.07) is 17.0. The van der Waals surface area contributed by atoms with Crippen LogP contribution in [0.15, 0.2) is 60.8 Å². The lowest BCUT2D eigenvalue weighted by molar-refractivity contribution is 0.244. The molecule has 0 radical (unpaired) electrons. The van der Waals surface area contributed by atoms with Gasteiger partial charge in [0, 0.05) is 6.20 Å². The molecule has 0 saturated heterocycles. The average molecular weight is 355 g/mol. The summed E-state index contributed by atoms with van der Waals surface area (Å²) < 4.78 is 5.81. The molecule has 0 atom stereocenters. The van der Waals surface area contributed by atoms with E-state index in [1.165, 1.54) is 0 Å². The van der Waals surface area contributed by atoms with Crippen LogP contribution in [0, 0.1) is 0 Å². The van der Waals surface area contributed by atoms with Crippen LogP contribution in [0.1, 0.15) is 13.8 Å². The van der Waals surface area contributed by atoms with Gasteiger partial charge in [0.05, 0.1) is 22.5 Å². The zero-order valence-electron chi connectivity index (χ0n) is 14.0. The fourth-order valence-corrected chi connectivity index (χ4v) is 2.42. The van der Waals surface area contributed by atoms with Gasteiger partial charge in [-0.05, 0) is 44.2 Å². The Hall–Kier alpha value is -2.79. The average Bonchev–Trinajstić information content (AvgIpc) is 2.59. The van der Waals surface area contributed by atoms with E-state index in [9.17, 15) is 0 Å². The van der Waals surface area contributed by atoms with E-state index in [0.29, 0.717) is 16.8 Å². The number of hydrogen-bond donors (Lipinski definition) is 2. The summed E-state index contributed by atoms with van der Waals surface area (Å²) in [4.78, 5) is 8.75. The molecule has 128 valence electrons. The lowest BCUT2D eigenvalue weighted by Gasteiger charge is -2.15. The summed E-state index contributed by atoms with van der Waals surface area (Å²) in [5.74, 6) is 1.87. The van der Waals surface area contributed by atoms with E-state index in [0.717, 1.165) is 17.1 Å². The van der Waals surface area contributed by atoms with Gasteiger partial charge in [0.2, 0.25) is 5.95 Å². The van der Waals surface area contributed by atoms with Crippen molar-refractivity contribution >= 4 is 34.7 Å². The topological polar surface area (TPSA) is 59.1 Å². The second-order valence-corrected chi connectivity index (χ2v) is 6.07. The van der Waals surface area contributed by atoms with Crippen LogP contribution in [0.5, 0.6) is 5.75 Å². The Kier molecular flexibility index (Phi) is 5.36. The number of benzene rings is 2. The number of anilines is 4. The van der Waals surface area contributed by atoms with Gasteiger partial charge < -0.3 is 15.4 Å². The van der Waals surface area contributed by atoms with E-state index < -0.39 is 0 Å². The van der Waals surface area contributed by atoms with Crippen molar-refractivity contribution in [3.63, 3.8) is 0 Å². The number of halogens is 1.